The van der Waals surface area contributed by atoms with Crippen molar-refractivity contribution < 1.29 is 14.3 Å². The molecule has 21 heavy (non-hydrogen) atoms. The summed E-state index contributed by atoms with van der Waals surface area (Å²) in [7, 11) is 0. The van der Waals surface area contributed by atoms with Crippen LogP contribution in [-0.2, 0) is 20.7 Å². The van der Waals surface area contributed by atoms with Gasteiger partial charge in [-0.2, -0.15) is 0 Å². The van der Waals surface area contributed by atoms with E-state index < -0.39 is 5.60 Å². The normalized spacial score (nSPS) is 22.0. The van der Waals surface area contributed by atoms with Gasteiger partial charge in [-0.25, -0.2) is 4.79 Å². The van der Waals surface area contributed by atoms with Gasteiger partial charge in [0.05, 0.1) is 6.61 Å². The molecular formula is C18H26O3. The molecule has 1 aliphatic heterocycles. The van der Waals surface area contributed by atoms with Crippen molar-refractivity contribution in [1.82, 2.24) is 0 Å². The van der Waals surface area contributed by atoms with Gasteiger partial charge in [0, 0.05) is 6.61 Å². The molecule has 116 valence electrons. The monoisotopic (exact) mass is 290 g/mol. The van der Waals surface area contributed by atoms with Crippen molar-refractivity contribution in [3.05, 3.63) is 35.4 Å². The van der Waals surface area contributed by atoms with Gasteiger partial charge in [-0.05, 0) is 57.9 Å². The van der Waals surface area contributed by atoms with E-state index in [-0.39, 0.29) is 5.97 Å². The summed E-state index contributed by atoms with van der Waals surface area (Å²) in [6.45, 7) is 5.03. The van der Waals surface area contributed by atoms with Crippen LogP contribution in [0.5, 0.6) is 0 Å². The molecule has 0 saturated carbocycles. The minimum Gasteiger partial charge on any atom is -0.464 e. The second-order valence-electron chi connectivity index (χ2n) is 5.86. The molecule has 1 heterocycles. The van der Waals surface area contributed by atoms with Gasteiger partial charge in [0.1, 0.15) is 0 Å². The third kappa shape index (κ3) is 4.31. The molecule has 0 bridgehead atoms. The number of carbonyl (C=O) groups excluding carboxylic acids is 1. The SMILES string of the molecule is CCOC(=O)C1(CCCc2ccc(C)cc2)CCCCO1. The Labute approximate surface area is 127 Å². The minimum atomic E-state index is -0.695. The molecule has 1 unspecified atom stereocenters. The summed E-state index contributed by atoms with van der Waals surface area (Å²) >= 11 is 0. The molecule has 1 aromatic rings. The highest BCUT2D eigenvalue weighted by atomic mass is 16.6. The van der Waals surface area contributed by atoms with E-state index in [2.05, 4.69) is 31.2 Å². The third-order valence-corrected chi connectivity index (χ3v) is 4.17. The van der Waals surface area contributed by atoms with Crippen LogP contribution in [-0.4, -0.2) is 24.8 Å². The fraction of sp³-hybridized carbons (Fsp3) is 0.611. The maximum atomic E-state index is 12.3. The van der Waals surface area contributed by atoms with Crippen molar-refractivity contribution in [3.63, 3.8) is 0 Å². The lowest BCUT2D eigenvalue weighted by atomic mass is 9.88. The molecule has 1 saturated heterocycles. The van der Waals surface area contributed by atoms with Crippen LogP contribution in [0.25, 0.3) is 0 Å². The summed E-state index contributed by atoms with van der Waals surface area (Å²) in [5, 5.41) is 0. The standard InChI is InChI=1S/C18H26O3/c1-3-20-17(19)18(12-4-5-14-21-18)13-6-7-16-10-8-15(2)9-11-16/h8-11H,3-7,12-14H2,1-2H3. The maximum absolute atomic E-state index is 12.3. The van der Waals surface area contributed by atoms with Crippen LogP contribution in [0.1, 0.15) is 50.2 Å². The van der Waals surface area contributed by atoms with E-state index in [1.807, 2.05) is 6.92 Å². The molecule has 3 nitrogen and oxygen atoms in total. The summed E-state index contributed by atoms with van der Waals surface area (Å²) in [6.07, 6.45) is 5.55. The first-order valence-electron chi connectivity index (χ1n) is 8.03. The van der Waals surface area contributed by atoms with Crippen LogP contribution in [0, 0.1) is 6.92 Å². The average Bonchev–Trinajstić information content (AvgIpc) is 2.50. The lowest BCUT2D eigenvalue weighted by Gasteiger charge is -2.35. The van der Waals surface area contributed by atoms with Crippen LogP contribution < -0.4 is 0 Å². The van der Waals surface area contributed by atoms with Crippen molar-refractivity contribution >= 4 is 5.97 Å². The molecule has 0 amide bonds. The molecule has 2 rings (SSSR count). The van der Waals surface area contributed by atoms with E-state index in [0.29, 0.717) is 13.2 Å². The van der Waals surface area contributed by atoms with E-state index >= 15 is 0 Å². The number of hydrogen-bond donors (Lipinski definition) is 0. The third-order valence-electron chi connectivity index (χ3n) is 4.17. The number of benzene rings is 1. The number of carbonyl (C=O) groups is 1. The van der Waals surface area contributed by atoms with Gasteiger partial charge in [0.2, 0.25) is 0 Å². The zero-order valence-electron chi connectivity index (χ0n) is 13.2. The molecule has 0 N–H and O–H groups in total. The Kier molecular flexibility index (Phi) is 5.80. The Hall–Kier alpha value is -1.35. The van der Waals surface area contributed by atoms with Gasteiger partial charge in [-0.3, -0.25) is 0 Å². The molecule has 0 radical (unpaired) electrons. The molecule has 1 aliphatic rings. The highest BCUT2D eigenvalue weighted by Crippen LogP contribution is 2.31. The Bertz CT molecular complexity index is 444. The van der Waals surface area contributed by atoms with Crippen LogP contribution in [0.4, 0.5) is 0 Å². The van der Waals surface area contributed by atoms with E-state index in [4.69, 9.17) is 9.47 Å². The molecule has 0 spiro atoms. The number of hydrogen-bond acceptors (Lipinski definition) is 3. The highest BCUT2D eigenvalue weighted by molar-refractivity contribution is 5.79. The van der Waals surface area contributed by atoms with Crippen LogP contribution in [0.2, 0.25) is 0 Å². The summed E-state index contributed by atoms with van der Waals surface area (Å²) in [5.41, 5.74) is 1.90. The minimum absolute atomic E-state index is 0.173. The van der Waals surface area contributed by atoms with Crippen LogP contribution in [0.15, 0.2) is 24.3 Å². The number of aryl methyl sites for hydroxylation is 2. The first-order valence-corrected chi connectivity index (χ1v) is 8.03. The Morgan fingerprint density at radius 2 is 2.05 bits per heavy atom. The van der Waals surface area contributed by atoms with Gasteiger partial charge in [-0.15, -0.1) is 0 Å². The summed E-state index contributed by atoms with van der Waals surface area (Å²) in [4.78, 5) is 12.3. The molecule has 0 aromatic heterocycles. The molecule has 1 fully saturated rings. The topological polar surface area (TPSA) is 35.5 Å². The fourth-order valence-electron chi connectivity index (χ4n) is 2.91. The fourth-order valence-corrected chi connectivity index (χ4v) is 2.91. The van der Waals surface area contributed by atoms with Crippen LogP contribution in [0.3, 0.4) is 0 Å². The van der Waals surface area contributed by atoms with E-state index in [1.54, 1.807) is 0 Å². The largest absolute Gasteiger partial charge is 0.464 e. The molecule has 0 aliphatic carbocycles. The molecule has 1 aromatic carbocycles. The Morgan fingerprint density at radius 3 is 2.67 bits per heavy atom. The van der Waals surface area contributed by atoms with Crippen molar-refractivity contribution in [2.45, 2.75) is 58.0 Å². The van der Waals surface area contributed by atoms with Gasteiger partial charge >= 0.3 is 5.97 Å². The predicted molar refractivity (Wildman–Crippen MR) is 83.3 cm³/mol. The van der Waals surface area contributed by atoms with E-state index in [1.165, 1.54) is 11.1 Å². The second kappa shape index (κ2) is 7.60. The predicted octanol–water partition coefficient (Wildman–Crippen LogP) is 3.82. The van der Waals surface area contributed by atoms with Gasteiger partial charge in [0.15, 0.2) is 5.60 Å². The first kappa shape index (κ1) is 16.0. The first-order chi connectivity index (χ1) is 10.2. The molecule has 1 atom stereocenters. The van der Waals surface area contributed by atoms with Gasteiger partial charge in [-0.1, -0.05) is 29.8 Å². The van der Waals surface area contributed by atoms with E-state index in [0.717, 1.165) is 38.5 Å². The van der Waals surface area contributed by atoms with Crippen molar-refractivity contribution in [3.8, 4) is 0 Å². The van der Waals surface area contributed by atoms with Crippen molar-refractivity contribution in [2.75, 3.05) is 13.2 Å². The Balaban J connectivity index is 1.92. The molecular weight excluding hydrogens is 264 g/mol. The number of ether oxygens (including phenoxy) is 2. The van der Waals surface area contributed by atoms with Gasteiger partial charge < -0.3 is 9.47 Å². The summed E-state index contributed by atoms with van der Waals surface area (Å²) in [6, 6.07) is 8.59. The number of esters is 1. The maximum Gasteiger partial charge on any atom is 0.338 e. The average molecular weight is 290 g/mol. The highest BCUT2D eigenvalue weighted by Gasteiger charge is 2.41. The summed E-state index contributed by atoms with van der Waals surface area (Å²) in [5.74, 6) is -0.173. The smallest absolute Gasteiger partial charge is 0.338 e. The zero-order chi connectivity index (χ0) is 15.1. The van der Waals surface area contributed by atoms with Crippen LogP contribution >= 0.6 is 0 Å². The van der Waals surface area contributed by atoms with Crippen molar-refractivity contribution in [2.24, 2.45) is 0 Å². The Morgan fingerprint density at radius 1 is 1.29 bits per heavy atom. The quantitative estimate of drug-likeness (QED) is 0.747. The van der Waals surface area contributed by atoms with Crippen molar-refractivity contribution in [1.29, 1.82) is 0 Å². The summed E-state index contributed by atoms with van der Waals surface area (Å²) < 4.78 is 11.1. The number of rotatable bonds is 6. The second-order valence-corrected chi connectivity index (χ2v) is 5.86. The molecule has 3 heteroatoms. The van der Waals surface area contributed by atoms with E-state index in [9.17, 15) is 4.79 Å². The van der Waals surface area contributed by atoms with Gasteiger partial charge in [0.25, 0.3) is 0 Å². The zero-order valence-corrected chi connectivity index (χ0v) is 13.2. The lowest BCUT2D eigenvalue weighted by Crippen LogP contribution is -2.45. The lowest BCUT2D eigenvalue weighted by molar-refractivity contribution is -0.179.